The average molecular weight is 252 g/mol. The molecular formula is C11H12F4O2. The Kier molecular flexibility index (Phi) is 4.34. The molecule has 0 amide bonds. The van der Waals surface area contributed by atoms with Crippen molar-refractivity contribution < 1.29 is 27.4 Å². The van der Waals surface area contributed by atoms with Gasteiger partial charge in [-0.05, 0) is 11.6 Å². The summed E-state index contributed by atoms with van der Waals surface area (Å²) in [6.07, 6.45) is -7.88. The van der Waals surface area contributed by atoms with Crippen LogP contribution in [0.4, 0.5) is 17.6 Å². The molecule has 1 atom stereocenters. The molecule has 0 heterocycles. The molecule has 0 saturated carbocycles. The number of ether oxygens (including phenoxy) is 1. The van der Waals surface area contributed by atoms with E-state index >= 15 is 0 Å². The van der Waals surface area contributed by atoms with Crippen LogP contribution in [0.15, 0.2) is 18.2 Å². The molecule has 0 aliphatic heterocycles. The fourth-order valence-corrected chi connectivity index (χ4v) is 1.46. The Labute approximate surface area is 95.8 Å². The second-order valence-corrected chi connectivity index (χ2v) is 3.61. The van der Waals surface area contributed by atoms with Crippen LogP contribution in [0.2, 0.25) is 0 Å². The molecule has 1 aromatic rings. The van der Waals surface area contributed by atoms with Crippen LogP contribution in [0.3, 0.4) is 0 Å². The normalized spacial score (nSPS) is 13.5. The van der Waals surface area contributed by atoms with Crippen molar-refractivity contribution in [3.05, 3.63) is 29.6 Å². The van der Waals surface area contributed by atoms with Gasteiger partial charge in [0.1, 0.15) is 0 Å². The number of halogens is 4. The second kappa shape index (κ2) is 5.35. The first-order valence-corrected chi connectivity index (χ1v) is 4.89. The third-order valence-corrected chi connectivity index (χ3v) is 2.19. The third kappa shape index (κ3) is 4.22. The first-order chi connectivity index (χ1) is 7.83. The summed E-state index contributed by atoms with van der Waals surface area (Å²) in [5.41, 5.74) is 0.00102. The minimum atomic E-state index is -4.46. The highest BCUT2D eigenvalue weighted by Gasteiger charge is 2.31. The van der Waals surface area contributed by atoms with E-state index in [2.05, 4.69) is 4.74 Å². The maximum Gasteiger partial charge on any atom is 0.391 e. The van der Waals surface area contributed by atoms with Crippen LogP contribution in [-0.4, -0.2) is 24.5 Å². The van der Waals surface area contributed by atoms with Gasteiger partial charge in [-0.25, -0.2) is 4.39 Å². The zero-order chi connectivity index (χ0) is 13.1. The molecule has 0 saturated heterocycles. The average Bonchev–Trinajstić information content (AvgIpc) is 2.18. The monoisotopic (exact) mass is 252 g/mol. The Balaban J connectivity index is 2.75. The SMILES string of the molecule is COc1cccc(CC(O)CC(F)(F)F)c1F. The molecule has 96 valence electrons. The molecule has 1 N–H and O–H groups in total. The van der Waals surface area contributed by atoms with Gasteiger partial charge in [0, 0.05) is 6.42 Å². The summed E-state index contributed by atoms with van der Waals surface area (Å²) >= 11 is 0. The maximum atomic E-state index is 13.5. The highest BCUT2D eigenvalue weighted by molar-refractivity contribution is 5.31. The van der Waals surface area contributed by atoms with E-state index in [-0.39, 0.29) is 11.3 Å². The van der Waals surface area contributed by atoms with Crippen LogP contribution in [0, 0.1) is 5.82 Å². The number of aliphatic hydroxyl groups is 1. The molecule has 0 fully saturated rings. The van der Waals surface area contributed by atoms with E-state index in [9.17, 15) is 22.7 Å². The Morgan fingerprint density at radius 1 is 1.35 bits per heavy atom. The van der Waals surface area contributed by atoms with Crippen molar-refractivity contribution in [3.63, 3.8) is 0 Å². The van der Waals surface area contributed by atoms with Crippen LogP contribution < -0.4 is 4.74 Å². The van der Waals surface area contributed by atoms with Gasteiger partial charge < -0.3 is 9.84 Å². The Morgan fingerprint density at radius 3 is 2.53 bits per heavy atom. The molecule has 2 nitrogen and oxygen atoms in total. The summed E-state index contributed by atoms with van der Waals surface area (Å²) in [7, 11) is 1.26. The van der Waals surface area contributed by atoms with Crippen LogP contribution in [0.5, 0.6) is 5.75 Å². The van der Waals surface area contributed by atoms with Gasteiger partial charge in [-0.15, -0.1) is 0 Å². The van der Waals surface area contributed by atoms with Crippen molar-refractivity contribution in [2.45, 2.75) is 25.1 Å². The van der Waals surface area contributed by atoms with Gasteiger partial charge in [0.25, 0.3) is 0 Å². The highest BCUT2D eigenvalue weighted by Crippen LogP contribution is 2.25. The number of hydrogen-bond acceptors (Lipinski definition) is 2. The lowest BCUT2D eigenvalue weighted by Crippen LogP contribution is -2.21. The molecule has 0 aliphatic carbocycles. The van der Waals surface area contributed by atoms with Crippen LogP contribution in [0.25, 0.3) is 0 Å². The van der Waals surface area contributed by atoms with E-state index < -0.39 is 30.9 Å². The van der Waals surface area contributed by atoms with E-state index in [1.54, 1.807) is 0 Å². The zero-order valence-electron chi connectivity index (χ0n) is 9.09. The number of rotatable bonds is 4. The van der Waals surface area contributed by atoms with E-state index in [4.69, 9.17) is 0 Å². The predicted molar refractivity (Wildman–Crippen MR) is 53.3 cm³/mol. The fraction of sp³-hybridized carbons (Fsp3) is 0.455. The Hall–Kier alpha value is -1.30. The molecule has 6 heteroatoms. The van der Waals surface area contributed by atoms with Crippen molar-refractivity contribution in [1.29, 1.82) is 0 Å². The molecule has 0 radical (unpaired) electrons. The first kappa shape index (κ1) is 13.8. The minimum absolute atomic E-state index is 0.00102. The molecule has 0 bridgehead atoms. The molecule has 0 aromatic heterocycles. The molecule has 1 unspecified atom stereocenters. The topological polar surface area (TPSA) is 29.5 Å². The van der Waals surface area contributed by atoms with Gasteiger partial charge in [-0.2, -0.15) is 13.2 Å². The minimum Gasteiger partial charge on any atom is -0.494 e. The summed E-state index contributed by atoms with van der Waals surface area (Å²) in [4.78, 5) is 0. The van der Waals surface area contributed by atoms with Gasteiger partial charge in [-0.3, -0.25) is 0 Å². The molecular weight excluding hydrogens is 240 g/mol. The summed E-state index contributed by atoms with van der Waals surface area (Å²) in [5.74, 6) is -0.794. The van der Waals surface area contributed by atoms with Crippen molar-refractivity contribution in [2.24, 2.45) is 0 Å². The molecule has 1 aromatic carbocycles. The van der Waals surface area contributed by atoms with Crippen molar-refractivity contribution in [2.75, 3.05) is 7.11 Å². The van der Waals surface area contributed by atoms with Gasteiger partial charge in [0.15, 0.2) is 11.6 Å². The highest BCUT2D eigenvalue weighted by atomic mass is 19.4. The number of hydrogen-bond donors (Lipinski definition) is 1. The van der Waals surface area contributed by atoms with Gasteiger partial charge in [0.05, 0.1) is 19.6 Å². The summed E-state index contributed by atoms with van der Waals surface area (Å²) in [6, 6.07) is 4.13. The number of aliphatic hydroxyl groups excluding tert-OH is 1. The largest absolute Gasteiger partial charge is 0.494 e. The fourth-order valence-electron chi connectivity index (χ4n) is 1.46. The van der Waals surface area contributed by atoms with E-state index in [1.807, 2.05) is 0 Å². The predicted octanol–water partition coefficient (Wildman–Crippen LogP) is 2.69. The van der Waals surface area contributed by atoms with Crippen molar-refractivity contribution in [1.82, 2.24) is 0 Å². The van der Waals surface area contributed by atoms with Crippen LogP contribution in [0.1, 0.15) is 12.0 Å². The van der Waals surface area contributed by atoms with Gasteiger partial charge in [0.2, 0.25) is 0 Å². The van der Waals surface area contributed by atoms with E-state index in [0.29, 0.717) is 0 Å². The number of alkyl halides is 3. The Bertz CT molecular complexity index is 376. The molecule has 17 heavy (non-hydrogen) atoms. The Morgan fingerprint density at radius 2 is 2.00 bits per heavy atom. The van der Waals surface area contributed by atoms with E-state index in [1.165, 1.54) is 25.3 Å². The standard InChI is InChI=1S/C11H12F4O2/c1-17-9-4-2-3-7(10(9)12)5-8(16)6-11(13,14)15/h2-4,8,16H,5-6H2,1H3. The van der Waals surface area contributed by atoms with Gasteiger partial charge >= 0.3 is 6.18 Å². The van der Waals surface area contributed by atoms with Gasteiger partial charge in [-0.1, -0.05) is 12.1 Å². The zero-order valence-corrected chi connectivity index (χ0v) is 9.09. The lowest BCUT2D eigenvalue weighted by molar-refractivity contribution is -0.153. The lowest BCUT2D eigenvalue weighted by Gasteiger charge is -2.14. The molecule has 0 spiro atoms. The second-order valence-electron chi connectivity index (χ2n) is 3.61. The summed E-state index contributed by atoms with van der Waals surface area (Å²) in [5, 5.41) is 9.20. The summed E-state index contributed by atoms with van der Waals surface area (Å²) in [6.45, 7) is 0. The summed E-state index contributed by atoms with van der Waals surface area (Å²) < 4.78 is 54.2. The molecule has 0 aliphatic rings. The van der Waals surface area contributed by atoms with Crippen molar-refractivity contribution >= 4 is 0 Å². The number of benzene rings is 1. The lowest BCUT2D eigenvalue weighted by atomic mass is 10.0. The quantitative estimate of drug-likeness (QED) is 0.835. The van der Waals surface area contributed by atoms with Crippen LogP contribution in [-0.2, 0) is 6.42 Å². The smallest absolute Gasteiger partial charge is 0.391 e. The van der Waals surface area contributed by atoms with E-state index in [0.717, 1.165) is 0 Å². The number of methoxy groups -OCH3 is 1. The third-order valence-electron chi connectivity index (χ3n) is 2.19. The first-order valence-electron chi connectivity index (χ1n) is 4.89. The van der Waals surface area contributed by atoms with Crippen molar-refractivity contribution in [3.8, 4) is 5.75 Å². The molecule has 1 rings (SSSR count). The maximum absolute atomic E-state index is 13.5. The van der Waals surface area contributed by atoms with Crippen LogP contribution >= 0.6 is 0 Å².